The van der Waals surface area contributed by atoms with Crippen LogP contribution in [-0.2, 0) is 9.47 Å². The molecule has 0 bridgehead atoms. The number of hydrogen-bond donors (Lipinski definition) is 1. The number of esters is 1. The highest BCUT2D eigenvalue weighted by Gasteiger charge is 2.28. The first-order valence-electron chi connectivity index (χ1n) is 7.32. The van der Waals surface area contributed by atoms with Gasteiger partial charge in [-0.05, 0) is 37.1 Å². The number of nitrogen functional groups attached to an aromatic ring is 1. The predicted molar refractivity (Wildman–Crippen MR) is 85.6 cm³/mol. The van der Waals surface area contributed by atoms with Gasteiger partial charge in [-0.15, -0.1) is 0 Å². The Morgan fingerprint density at radius 3 is 2.83 bits per heavy atom. The number of benzene rings is 1. The molecule has 0 spiro atoms. The third kappa shape index (κ3) is 3.72. The molecule has 0 amide bonds. The summed E-state index contributed by atoms with van der Waals surface area (Å²) in [4.78, 5) is 31.1. The standard InChI is InChI=1S/C15H15ClN4O4/c16-10-3-1-9(2-4-10)13(21)23-7-11-5-6-12(24-11)20-8-18-14(17)19-15(20)22/h1-4,8,11-12H,5-7H2,(H2,17,19,22)/t11-,12-/m0/s1. The van der Waals surface area contributed by atoms with Gasteiger partial charge in [0.2, 0.25) is 5.95 Å². The number of halogens is 1. The maximum Gasteiger partial charge on any atom is 0.354 e. The van der Waals surface area contributed by atoms with E-state index in [1.807, 2.05) is 0 Å². The molecule has 0 unspecified atom stereocenters. The van der Waals surface area contributed by atoms with E-state index in [2.05, 4.69) is 9.97 Å². The van der Waals surface area contributed by atoms with Crippen molar-refractivity contribution in [2.75, 3.05) is 12.3 Å². The van der Waals surface area contributed by atoms with E-state index in [-0.39, 0.29) is 18.7 Å². The van der Waals surface area contributed by atoms with Gasteiger partial charge in [0.05, 0.1) is 11.7 Å². The van der Waals surface area contributed by atoms with Crippen LogP contribution in [0.2, 0.25) is 5.02 Å². The number of aromatic nitrogens is 3. The molecule has 1 aromatic heterocycles. The first-order chi connectivity index (χ1) is 11.5. The predicted octanol–water partition coefficient (Wildman–Crippen LogP) is 1.41. The van der Waals surface area contributed by atoms with Crippen LogP contribution in [0.15, 0.2) is 35.4 Å². The molecule has 2 atom stereocenters. The van der Waals surface area contributed by atoms with Crippen LogP contribution in [0.5, 0.6) is 0 Å². The van der Waals surface area contributed by atoms with Crippen LogP contribution >= 0.6 is 11.6 Å². The van der Waals surface area contributed by atoms with E-state index in [9.17, 15) is 9.59 Å². The second-order valence-corrected chi connectivity index (χ2v) is 5.74. The van der Waals surface area contributed by atoms with Crippen molar-refractivity contribution in [2.45, 2.75) is 25.2 Å². The van der Waals surface area contributed by atoms with Gasteiger partial charge >= 0.3 is 11.7 Å². The molecule has 2 N–H and O–H groups in total. The summed E-state index contributed by atoms with van der Waals surface area (Å²) in [6, 6.07) is 6.42. The van der Waals surface area contributed by atoms with E-state index in [1.165, 1.54) is 10.9 Å². The van der Waals surface area contributed by atoms with Crippen molar-refractivity contribution in [3.63, 3.8) is 0 Å². The zero-order chi connectivity index (χ0) is 17.1. The summed E-state index contributed by atoms with van der Waals surface area (Å²) >= 11 is 5.78. The van der Waals surface area contributed by atoms with Gasteiger partial charge in [0, 0.05) is 5.02 Å². The fourth-order valence-corrected chi connectivity index (χ4v) is 2.53. The lowest BCUT2D eigenvalue weighted by atomic mass is 10.2. The van der Waals surface area contributed by atoms with Crippen LogP contribution in [-0.4, -0.2) is 33.2 Å². The van der Waals surface area contributed by atoms with E-state index in [4.69, 9.17) is 26.8 Å². The summed E-state index contributed by atoms with van der Waals surface area (Å²) in [6.45, 7) is 0.0997. The largest absolute Gasteiger partial charge is 0.459 e. The maximum atomic E-state index is 11.9. The molecule has 1 aliphatic rings. The third-order valence-electron chi connectivity index (χ3n) is 3.62. The summed E-state index contributed by atoms with van der Waals surface area (Å²) in [5.41, 5.74) is 5.25. The maximum absolute atomic E-state index is 11.9. The zero-order valence-corrected chi connectivity index (χ0v) is 13.3. The summed E-state index contributed by atoms with van der Waals surface area (Å²) < 4.78 is 12.2. The average Bonchev–Trinajstić information content (AvgIpc) is 3.02. The van der Waals surface area contributed by atoms with Gasteiger partial charge in [-0.1, -0.05) is 11.6 Å². The van der Waals surface area contributed by atoms with Crippen molar-refractivity contribution in [2.24, 2.45) is 0 Å². The van der Waals surface area contributed by atoms with Crippen LogP contribution in [0, 0.1) is 0 Å². The van der Waals surface area contributed by atoms with Crippen molar-refractivity contribution in [1.82, 2.24) is 14.5 Å². The van der Waals surface area contributed by atoms with E-state index < -0.39 is 17.9 Å². The van der Waals surface area contributed by atoms with Gasteiger partial charge < -0.3 is 15.2 Å². The number of anilines is 1. The summed E-state index contributed by atoms with van der Waals surface area (Å²) in [7, 11) is 0. The molecule has 1 fully saturated rings. The highest BCUT2D eigenvalue weighted by atomic mass is 35.5. The lowest BCUT2D eigenvalue weighted by molar-refractivity contribution is -0.0343. The Bertz CT molecular complexity index is 793. The molecule has 0 aliphatic carbocycles. The van der Waals surface area contributed by atoms with E-state index in [0.29, 0.717) is 23.4 Å². The average molecular weight is 351 g/mol. The molecule has 1 aromatic carbocycles. The highest BCUT2D eigenvalue weighted by Crippen LogP contribution is 2.27. The summed E-state index contributed by atoms with van der Waals surface area (Å²) in [5, 5.41) is 0.546. The minimum atomic E-state index is -0.522. The molecule has 24 heavy (non-hydrogen) atoms. The summed E-state index contributed by atoms with van der Waals surface area (Å²) in [5.74, 6) is -0.533. The van der Waals surface area contributed by atoms with Crippen molar-refractivity contribution in [3.05, 3.63) is 51.7 Å². The molecule has 3 rings (SSSR count). The minimum Gasteiger partial charge on any atom is -0.459 e. The monoisotopic (exact) mass is 350 g/mol. The fourth-order valence-electron chi connectivity index (χ4n) is 2.40. The SMILES string of the molecule is Nc1ncn([C@@H]2CC[C@@H](COC(=O)c3ccc(Cl)cc3)O2)c(=O)n1. The Hall–Kier alpha value is -2.45. The van der Waals surface area contributed by atoms with Gasteiger partial charge in [-0.25, -0.2) is 14.6 Å². The fraction of sp³-hybridized carbons (Fsp3) is 0.333. The highest BCUT2D eigenvalue weighted by molar-refractivity contribution is 6.30. The molecule has 0 radical (unpaired) electrons. The summed E-state index contributed by atoms with van der Waals surface area (Å²) in [6.07, 6.45) is 1.76. The van der Waals surface area contributed by atoms with Gasteiger partial charge in [-0.2, -0.15) is 4.98 Å². The number of nitrogens with two attached hydrogens (primary N) is 1. The Morgan fingerprint density at radius 1 is 1.38 bits per heavy atom. The van der Waals surface area contributed by atoms with Crippen LogP contribution in [0.4, 0.5) is 5.95 Å². The van der Waals surface area contributed by atoms with Crippen LogP contribution in [0.25, 0.3) is 0 Å². The minimum absolute atomic E-state index is 0.0808. The second-order valence-electron chi connectivity index (χ2n) is 5.30. The molecular formula is C15H15ClN4O4. The van der Waals surface area contributed by atoms with Gasteiger partial charge in [-0.3, -0.25) is 4.57 Å². The second kappa shape index (κ2) is 6.98. The lowest BCUT2D eigenvalue weighted by Crippen LogP contribution is -2.29. The quantitative estimate of drug-likeness (QED) is 0.830. The number of carbonyl (C=O) groups is 1. The molecule has 126 valence electrons. The molecule has 2 aromatic rings. The van der Waals surface area contributed by atoms with Gasteiger partial charge in [0.1, 0.15) is 19.2 Å². The molecule has 2 heterocycles. The number of nitrogens with zero attached hydrogens (tertiary/aromatic N) is 3. The van der Waals surface area contributed by atoms with Crippen LogP contribution in [0.1, 0.15) is 29.4 Å². The van der Waals surface area contributed by atoms with E-state index >= 15 is 0 Å². The molecule has 0 saturated carbocycles. The molecule has 9 heteroatoms. The molecule has 1 aliphatic heterocycles. The third-order valence-corrected chi connectivity index (χ3v) is 3.87. The van der Waals surface area contributed by atoms with Crippen LogP contribution in [0.3, 0.4) is 0 Å². The number of hydrogen-bond acceptors (Lipinski definition) is 7. The van der Waals surface area contributed by atoms with Crippen molar-refractivity contribution in [1.29, 1.82) is 0 Å². The lowest BCUT2D eigenvalue weighted by Gasteiger charge is -2.15. The van der Waals surface area contributed by atoms with Gasteiger partial charge in [0.15, 0.2) is 0 Å². The zero-order valence-electron chi connectivity index (χ0n) is 12.6. The van der Waals surface area contributed by atoms with Crippen molar-refractivity contribution >= 4 is 23.5 Å². The smallest absolute Gasteiger partial charge is 0.354 e. The number of ether oxygens (including phenoxy) is 2. The first kappa shape index (κ1) is 16.4. The topological polar surface area (TPSA) is 109 Å². The number of carbonyl (C=O) groups excluding carboxylic acids is 1. The molecular weight excluding hydrogens is 336 g/mol. The Labute approximate surface area is 142 Å². The van der Waals surface area contributed by atoms with E-state index in [1.54, 1.807) is 24.3 Å². The normalized spacial score (nSPS) is 20.0. The van der Waals surface area contributed by atoms with E-state index in [0.717, 1.165) is 0 Å². The molecule has 1 saturated heterocycles. The van der Waals surface area contributed by atoms with Gasteiger partial charge in [0.25, 0.3) is 0 Å². The Kier molecular flexibility index (Phi) is 4.77. The first-order valence-corrected chi connectivity index (χ1v) is 7.69. The van der Waals surface area contributed by atoms with Crippen molar-refractivity contribution in [3.8, 4) is 0 Å². The van der Waals surface area contributed by atoms with Crippen molar-refractivity contribution < 1.29 is 14.3 Å². The number of rotatable bonds is 4. The molecule has 8 nitrogen and oxygen atoms in total. The Balaban J connectivity index is 1.55. The van der Waals surface area contributed by atoms with Crippen LogP contribution < -0.4 is 11.4 Å². The Morgan fingerprint density at radius 2 is 2.12 bits per heavy atom.